The summed E-state index contributed by atoms with van der Waals surface area (Å²) in [6, 6.07) is 30.7. The Morgan fingerprint density at radius 2 is 1.37 bits per heavy atom. The molecule has 2 aliphatic carbocycles. The van der Waals surface area contributed by atoms with Crippen LogP contribution in [0.5, 0.6) is 11.5 Å². The average molecular weight is 872 g/mol. The van der Waals surface area contributed by atoms with E-state index in [0.29, 0.717) is 28.8 Å². The van der Waals surface area contributed by atoms with Gasteiger partial charge in [-0.05, 0) is 130 Å². The van der Waals surface area contributed by atoms with Crippen molar-refractivity contribution in [3.63, 3.8) is 0 Å². The summed E-state index contributed by atoms with van der Waals surface area (Å²) in [4.78, 5) is 7.88. The van der Waals surface area contributed by atoms with E-state index in [1.54, 1.807) is 17.5 Å². The highest BCUT2D eigenvalue weighted by Gasteiger charge is 2.25. The highest BCUT2D eigenvalue weighted by Crippen LogP contribution is 2.41. The van der Waals surface area contributed by atoms with Crippen molar-refractivity contribution in [2.45, 2.75) is 97.1 Å². The molecule has 13 heteroatoms. The van der Waals surface area contributed by atoms with Crippen molar-refractivity contribution in [2.24, 2.45) is 5.73 Å². The normalized spacial score (nSPS) is 15.4. The zero-order chi connectivity index (χ0) is 43.9. The third-order valence-corrected chi connectivity index (χ3v) is 13.1. The van der Waals surface area contributed by atoms with Gasteiger partial charge in [0, 0.05) is 53.3 Å². The predicted octanol–water partition coefficient (Wildman–Crippen LogP) is 11.6. The quantitative estimate of drug-likeness (QED) is 0.120. The summed E-state index contributed by atoms with van der Waals surface area (Å²) in [6.45, 7) is 16.1. The molecule has 0 radical (unpaired) electrons. The van der Waals surface area contributed by atoms with Crippen LogP contribution in [0, 0.1) is 17.9 Å². The third-order valence-electron chi connectivity index (χ3n) is 11.0. The molecular weight excluding hydrogens is 823 g/mol. The van der Waals surface area contributed by atoms with E-state index in [0.717, 1.165) is 87.4 Å². The maximum Gasteiger partial charge on any atom is 0.228 e. The van der Waals surface area contributed by atoms with E-state index in [9.17, 15) is 5.26 Å². The van der Waals surface area contributed by atoms with Crippen molar-refractivity contribution >= 4 is 28.4 Å². The molecule has 0 unspecified atom stereocenters. The molecule has 0 aliphatic heterocycles. The number of hydrogen-bond donors (Lipinski definition) is 2. The van der Waals surface area contributed by atoms with Gasteiger partial charge in [0.1, 0.15) is 37.6 Å². The molecule has 3 aromatic heterocycles. The van der Waals surface area contributed by atoms with Crippen LogP contribution >= 0.6 is 22.7 Å². The molecule has 0 fully saturated rings. The number of aromatic nitrogens is 5. The Hall–Kier alpha value is -6.35. The van der Waals surface area contributed by atoms with E-state index in [1.165, 1.54) is 39.2 Å². The molecule has 11 nitrogen and oxygen atoms in total. The number of nitriles is 1. The van der Waals surface area contributed by atoms with Crippen LogP contribution in [-0.4, -0.2) is 37.6 Å². The summed E-state index contributed by atoms with van der Waals surface area (Å²) in [5, 5.41) is 34.4. The molecule has 3 N–H and O–H groups in total. The number of nitrogens with two attached hydrogens (primary N) is 1. The molecule has 63 heavy (non-hydrogen) atoms. The van der Waals surface area contributed by atoms with Crippen LogP contribution in [0.25, 0.3) is 47.1 Å². The Labute approximate surface area is 376 Å². The first-order chi connectivity index (χ1) is 30.7. The summed E-state index contributed by atoms with van der Waals surface area (Å²) >= 11 is 3.11. The maximum atomic E-state index is 9.47. The van der Waals surface area contributed by atoms with Crippen LogP contribution in [-0.2, 0) is 19.4 Å². The number of nitrogens with one attached hydrogen (secondary N) is 1. The predicted molar refractivity (Wildman–Crippen MR) is 251 cm³/mol. The second kappa shape index (κ2) is 19.8. The molecule has 7 aromatic rings. The number of hydrogen-bond acceptors (Lipinski definition) is 12. The molecule has 9 rings (SSSR count). The molecule has 0 bridgehead atoms. The van der Waals surface area contributed by atoms with Gasteiger partial charge in [-0.1, -0.05) is 71.2 Å². The van der Waals surface area contributed by atoms with E-state index in [-0.39, 0.29) is 18.2 Å². The summed E-state index contributed by atoms with van der Waals surface area (Å²) < 4.78 is 11.5. The van der Waals surface area contributed by atoms with Crippen LogP contribution in [0.4, 0.5) is 5.69 Å². The van der Waals surface area contributed by atoms with Crippen LogP contribution < -0.4 is 20.5 Å². The summed E-state index contributed by atoms with van der Waals surface area (Å²) in [5.41, 5.74) is 17.7. The van der Waals surface area contributed by atoms with Gasteiger partial charge in [-0.15, -0.1) is 20.4 Å². The van der Waals surface area contributed by atoms with Gasteiger partial charge in [0.05, 0.1) is 24.3 Å². The molecule has 0 saturated carbocycles. The van der Waals surface area contributed by atoms with Gasteiger partial charge in [-0.3, -0.25) is 4.98 Å². The van der Waals surface area contributed by atoms with Crippen molar-refractivity contribution in [1.82, 2.24) is 30.7 Å². The summed E-state index contributed by atoms with van der Waals surface area (Å²) in [7, 11) is 0. The van der Waals surface area contributed by atoms with Gasteiger partial charge >= 0.3 is 0 Å². The minimum atomic E-state index is 0.0152. The number of rotatable bonds is 11. The van der Waals surface area contributed by atoms with E-state index >= 15 is 0 Å². The Morgan fingerprint density at radius 3 is 2.00 bits per heavy atom. The zero-order valence-corrected chi connectivity index (χ0v) is 37.5. The van der Waals surface area contributed by atoms with Gasteiger partial charge in [0.15, 0.2) is 0 Å². The molecule has 0 spiro atoms. The van der Waals surface area contributed by atoms with Crippen molar-refractivity contribution in [2.75, 3.05) is 0 Å². The van der Waals surface area contributed by atoms with Gasteiger partial charge in [0.2, 0.25) is 5.69 Å². The minimum absolute atomic E-state index is 0.0152. The highest BCUT2D eigenvalue weighted by molar-refractivity contribution is 7.18. The summed E-state index contributed by atoms with van der Waals surface area (Å²) in [6.07, 6.45) is 10.2. The van der Waals surface area contributed by atoms with Crippen molar-refractivity contribution in [1.29, 1.82) is 5.26 Å². The number of ether oxygens (including phenoxy) is 2. The zero-order valence-electron chi connectivity index (χ0n) is 35.8. The number of nitrogens with zero attached hydrogens (tertiary/aromatic N) is 7. The third kappa shape index (κ3) is 9.99. The Kier molecular flexibility index (Phi) is 13.6. The van der Waals surface area contributed by atoms with Gasteiger partial charge < -0.3 is 20.5 Å². The lowest BCUT2D eigenvalue weighted by atomic mass is 9.85. The molecule has 3 heterocycles. The molecule has 2 atom stereocenters. The standard InChI is InChI=1S/C28H27N5OS.C22H22N4OS/c1-18(2)34-26-13-12-20(15-25(26)29-3)27-32-33-28(35-27)23-10-4-9-22-21(23)8-5-11-24(22)31-17-19-7-6-14-30-16-19;1-13(2)27-20-10-9-14(11-15(20)12-23)21-25-26-22(28-21)18-7-3-6-17-16(18)5-4-8-19(17)24/h4,6-7,9-10,12-16,18,24,31H,5,8,11,17H2,1-2H3;3,6-7,9-11,13,19H,4-5,8,24H2,1-2H3/t24-;19-/m11/s1. The van der Waals surface area contributed by atoms with E-state index in [2.05, 4.69) is 78.0 Å². The number of fused-ring (bicyclic) bond motifs is 2. The molecular formula is C50H49N9O2S2. The van der Waals surface area contributed by atoms with Gasteiger partial charge in [-0.2, -0.15) is 5.26 Å². The number of pyridine rings is 1. The second-order valence-electron chi connectivity index (χ2n) is 16.2. The lowest BCUT2D eigenvalue weighted by Gasteiger charge is -2.28. The Morgan fingerprint density at radius 1 is 0.762 bits per heavy atom. The van der Waals surface area contributed by atoms with E-state index < -0.39 is 0 Å². The smallest absolute Gasteiger partial charge is 0.228 e. The Bertz CT molecular complexity index is 2790. The van der Waals surface area contributed by atoms with Crippen molar-refractivity contribution in [3.05, 3.63) is 142 Å². The van der Waals surface area contributed by atoms with Gasteiger partial charge in [-0.25, -0.2) is 4.85 Å². The fourth-order valence-corrected chi connectivity index (χ4v) is 9.97. The first kappa shape index (κ1) is 43.3. The molecule has 318 valence electrons. The maximum absolute atomic E-state index is 9.47. The molecule has 0 amide bonds. The van der Waals surface area contributed by atoms with Crippen molar-refractivity contribution < 1.29 is 9.47 Å². The monoisotopic (exact) mass is 871 g/mol. The average Bonchev–Trinajstić information content (AvgIpc) is 4.00. The highest BCUT2D eigenvalue weighted by atomic mass is 32.1. The van der Waals surface area contributed by atoms with Crippen LogP contribution in [0.2, 0.25) is 0 Å². The van der Waals surface area contributed by atoms with Gasteiger partial charge in [0.25, 0.3) is 0 Å². The first-order valence-corrected chi connectivity index (χ1v) is 23.0. The van der Waals surface area contributed by atoms with Crippen LogP contribution in [0.15, 0.2) is 97.3 Å². The fourth-order valence-electron chi connectivity index (χ4n) is 8.19. The first-order valence-electron chi connectivity index (χ1n) is 21.4. The number of benzene rings is 4. The van der Waals surface area contributed by atoms with Crippen LogP contribution in [0.1, 0.15) is 98.8 Å². The molecule has 0 saturated heterocycles. The fraction of sp³-hybridized carbons (Fsp3) is 0.300. The minimum Gasteiger partial charge on any atom is -0.502 e. The van der Waals surface area contributed by atoms with E-state index in [1.807, 2.05) is 82.4 Å². The lowest BCUT2D eigenvalue weighted by Crippen LogP contribution is -2.25. The van der Waals surface area contributed by atoms with Crippen LogP contribution in [0.3, 0.4) is 0 Å². The second-order valence-corrected chi connectivity index (χ2v) is 18.2. The molecule has 4 aromatic carbocycles. The lowest BCUT2D eigenvalue weighted by molar-refractivity contribution is 0.241. The van der Waals surface area contributed by atoms with E-state index in [4.69, 9.17) is 21.8 Å². The Balaban J connectivity index is 0.000000177. The molecule has 2 aliphatic rings. The topological polar surface area (TPSA) is 149 Å². The SMILES string of the molecule is CC(C)Oc1ccc(-c2nnc(-c3cccc4c3CCC[C@H]4N)s2)cc1C#N.[C-]#[N+]c1cc(-c2nnc(-c3cccc4c3CCC[C@H]4NCc3cccnc3)s2)ccc1OC(C)C. The largest absolute Gasteiger partial charge is 0.502 e. The summed E-state index contributed by atoms with van der Waals surface area (Å²) in [5.74, 6) is 1.20. The van der Waals surface area contributed by atoms with Crippen molar-refractivity contribution in [3.8, 4) is 59.9 Å².